The normalized spacial score (nSPS) is 10.9. The average Bonchev–Trinajstić information content (AvgIpc) is 2.44. The Bertz CT molecular complexity index is 523. The highest BCUT2D eigenvalue weighted by Gasteiger charge is 2.14. The SMILES string of the molecule is CCN(CC)Cc1cc(C(=O)OC(C)C)ccc1NC(C)=O. The van der Waals surface area contributed by atoms with Gasteiger partial charge in [0, 0.05) is 19.2 Å². The quantitative estimate of drug-likeness (QED) is 0.787. The summed E-state index contributed by atoms with van der Waals surface area (Å²) >= 11 is 0. The van der Waals surface area contributed by atoms with Gasteiger partial charge in [-0.1, -0.05) is 13.8 Å². The maximum absolute atomic E-state index is 12.0. The number of carbonyl (C=O) groups excluding carboxylic acids is 2. The van der Waals surface area contributed by atoms with Crippen molar-refractivity contribution in [3.05, 3.63) is 29.3 Å². The van der Waals surface area contributed by atoms with Gasteiger partial charge in [0.15, 0.2) is 0 Å². The van der Waals surface area contributed by atoms with E-state index in [-0.39, 0.29) is 18.0 Å². The molecule has 0 heterocycles. The van der Waals surface area contributed by atoms with E-state index in [4.69, 9.17) is 4.74 Å². The maximum Gasteiger partial charge on any atom is 0.338 e. The van der Waals surface area contributed by atoms with E-state index in [0.717, 1.165) is 24.3 Å². The van der Waals surface area contributed by atoms with Crippen LogP contribution in [0.15, 0.2) is 18.2 Å². The number of hydrogen-bond acceptors (Lipinski definition) is 4. The molecule has 0 unspecified atom stereocenters. The molecule has 0 saturated carbocycles. The molecule has 0 fully saturated rings. The smallest absolute Gasteiger partial charge is 0.338 e. The molecule has 122 valence electrons. The molecule has 0 saturated heterocycles. The zero-order valence-electron chi connectivity index (χ0n) is 14.1. The number of carbonyl (C=O) groups is 2. The molecule has 0 aliphatic rings. The number of benzene rings is 1. The van der Waals surface area contributed by atoms with Gasteiger partial charge in [-0.15, -0.1) is 0 Å². The van der Waals surface area contributed by atoms with Gasteiger partial charge >= 0.3 is 5.97 Å². The Morgan fingerprint density at radius 3 is 2.36 bits per heavy atom. The minimum Gasteiger partial charge on any atom is -0.459 e. The molecule has 0 spiro atoms. The van der Waals surface area contributed by atoms with Crippen molar-refractivity contribution in [3.8, 4) is 0 Å². The van der Waals surface area contributed by atoms with Crippen molar-refractivity contribution in [2.75, 3.05) is 18.4 Å². The van der Waals surface area contributed by atoms with Crippen LogP contribution in [0.25, 0.3) is 0 Å². The van der Waals surface area contributed by atoms with E-state index in [0.29, 0.717) is 12.1 Å². The third-order valence-electron chi connectivity index (χ3n) is 3.28. The van der Waals surface area contributed by atoms with Crippen LogP contribution in [0.2, 0.25) is 0 Å². The van der Waals surface area contributed by atoms with Crippen LogP contribution >= 0.6 is 0 Å². The van der Waals surface area contributed by atoms with Crippen LogP contribution in [0, 0.1) is 0 Å². The Morgan fingerprint density at radius 1 is 1.23 bits per heavy atom. The van der Waals surface area contributed by atoms with Gasteiger partial charge in [0.05, 0.1) is 11.7 Å². The first kappa shape index (κ1) is 18.2. The summed E-state index contributed by atoms with van der Waals surface area (Å²) in [7, 11) is 0. The highest BCUT2D eigenvalue weighted by molar-refractivity contribution is 5.93. The van der Waals surface area contributed by atoms with Gasteiger partial charge in [-0.05, 0) is 50.7 Å². The summed E-state index contributed by atoms with van der Waals surface area (Å²) in [5.41, 5.74) is 2.16. The summed E-state index contributed by atoms with van der Waals surface area (Å²) in [6, 6.07) is 5.24. The first-order chi connectivity index (χ1) is 10.4. The Hall–Kier alpha value is -1.88. The van der Waals surface area contributed by atoms with Gasteiger partial charge in [-0.2, -0.15) is 0 Å². The Morgan fingerprint density at radius 2 is 1.86 bits per heavy atom. The molecule has 0 aliphatic carbocycles. The van der Waals surface area contributed by atoms with Gasteiger partial charge < -0.3 is 10.1 Å². The van der Waals surface area contributed by atoms with Crippen LogP contribution in [0.3, 0.4) is 0 Å². The molecular formula is C17H26N2O3. The fourth-order valence-electron chi connectivity index (χ4n) is 2.13. The second-order valence-corrected chi connectivity index (χ2v) is 5.47. The lowest BCUT2D eigenvalue weighted by atomic mass is 10.1. The standard InChI is InChI=1S/C17H26N2O3/c1-6-19(7-2)11-15-10-14(17(21)22-12(3)4)8-9-16(15)18-13(5)20/h8-10,12H,6-7,11H2,1-5H3,(H,18,20). The molecule has 1 N–H and O–H groups in total. The molecule has 22 heavy (non-hydrogen) atoms. The third-order valence-corrected chi connectivity index (χ3v) is 3.28. The van der Waals surface area contributed by atoms with Gasteiger partial charge in [0.2, 0.25) is 5.91 Å². The average molecular weight is 306 g/mol. The molecule has 0 aliphatic heterocycles. The molecule has 0 bridgehead atoms. The van der Waals surface area contributed by atoms with Crippen LogP contribution in [0.5, 0.6) is 0 Å². The van der Waals surface area contributed by atoms with E-state index in [1.807, 2.05) is 13.8 Å². The Kier molecular flexibility index (Phi) is 7.05. The molecule has 0 aromatic heterocycles. The molecule has 1 aromatic carbocycles. The summed E-state index contributed by atoms with van der Waals surface area (Å²) in [6.45, 7) is 11.7. The predicted molar refractivity (Wildman–Crippen MR) is 87.9 cm³/mol. The van der Waals surface area contributed by atoms with E-state index in [1.54, 1.807) is 18.2 Å². The molecule has 0 atom stereocenters. The van der Waals surface area contributed by atoms with Crippen molar-refractivity contribution >= 4 is 17.6 Å². The summed E-state index contributed by atoms with van der Waals surface area (Å²) in [5.74, 6) is -0.469. The zero-order chi connectivity index (χ0) is 16.7. The fourth-order valence-corrected chi connectivity index (χ4v) is 2.13. The van der Waals surface area contributed by atoms with Crippen molar-refractivity contribution in [1.29, 1.82) is 0 Å². The fraction of sp³-hybridized carbons (Fsp3) is 0.529. The number of amides is 1. The highest BCUT2D eigenvalue weighted by Crippen LogP contribution is 2.20. The molecule has 5 heteroatoms. The van der Waals surface area contributed by atoms with E-state index in [1.165, 1.54) is 6.92 Å². The number of ether oxygens (including phenoxy) is 1. The lowest BCUT2D eigenvalue weighted by Gasteiger charge is -2.21. The summed E-state index contributed by atoms with van der Waals surface area (Å²) < 4.78 is 5.23. The van der Waals surface area contributed by atoms with Crippen LogP contribution in [-0.4, -0.2) is 36.0 Å². The van der Waals surface area contributed by atoms with Gasteiger partial charge in [0.1, 0.15) is 0 Å². The van der Waals surface area contributed by atoms with Crippen molar-refractivity contribution in [2.24, 2.45) is 0 Å². The minimum atomic E-state index is -0.342. The second-order valence-electron chi connectivity index (χ2n) is 5.47. The van der Waals surface area contributed by atoms with E-state index in [2.05, 4.69) is 24.1 Å². The summed E-state index contributed by atoms with van der Waals surface area (Å²) in [6.07, 6.45) is -0.159. The predicted octanol–water partition coefficient (Wildman–Crippen LogP) is 3.05. The number of esters is 1. The first-order valence-electron chi connectivity index (χ1n) is 7.71. The number of anilines is 1. The Labute approximate surface area is 132 Å². The van der Waals surface area contributed by atoms with E-state index in [9.17, 15) is 9.59 Å². The lowest BCUT2D eigenvalue weighted by Crippen LogP contribution is -2.23. The van der Waals surface area contributed by atoms with Crippen LogP contribution in [0.4, 0.5) is 5.69 Å². The van der Waals surface area contributed by atoms with Gasteiger partial charge in [0.25, 0.3) is 0 Å². The summed E-state index contributed by atoms with van der Waals surface area (Å²) in [4.78, 5) is 25.6. The number of hydrogen-bond donors (Lipinski definition) is 1. The molecular weight excluding hydrogens is 280 g/mol. The van der Waals surface area contributed by atoms with Crippen LogP contribution in [0.1, 0.15) is 50.5 Å². The van der Waals surface area contributed by atoms with Crippen molar-refractivity contribution in [1.82, 2.24) is 4.90 Å². The highest BCUT2D eigenvalue weighted by atomic mass is 16.5. The molecule has 1 rings (SSSR count). The number of rotatable bonds is 7. The molecule has 5 nitrogen and oxygen atoms in total. The zero-order valence-corrected chi connectivity index (χ0v) is 14.1. The second kappa shape index (κ2) is 8.54. The number of nitrogens with one attached hydrogen (secondary N) is 1. The Balaban J connectivity index is 3.09. The van der Waals surface area contributed by atoms with E-state index < -0.39 is 0 Å². The molecule has 1 aromatic rings. The molecule has 0 radical (unpaired) electrons. The first-order valence-corrected chi connectivity index (χ1v) is 7.71. The van der Waals surface area contributed by atoms with Crippen LogP contribution < -0.4 is 5.32 Å². The van der Waals surface area contributed by atoms with Crippen molar-refractivity contribution in [3.63, 3.8) is 0 Å². The largest absolute Gasteiger partial charge is 0.459 e. The minimum absolute atomic E-state index is 0.127. The monoisotopic (exact) mass is 306 g/mol. The van der Waals surface area contributed by atoms with Gasteiger partial charge in [-0.3, -0.25) is 9.69 Å². The number of nitrogens with zero attached hydrogens (tertiary/aromatic N) is 1. The molecule has 1 amide bonds. The third kappa shape index (κ3) is 5.48. The van der Waals surface area contributed by atoms with E-state index >= 15 is 0 Å². The topological polar surface area (TPSA) is 58.6 Å². The van der Waals surface area contributed by atoms with Gasteiger partial charge in [-0.25, -0.2) is 4.79 Å². The lowest BCUT2D eigenvalue weighted by molar-refractivity contribution is -0.114. The van der Waals surface area contributed by atoms with Crippen molar-refractivity contribution in [2.45, 2.75) is 47.3 Å². The maximum atomic E-state index is 12.0. The summed E-state index contributed by atoms with van der Waals surface area (Å²) in [5, 5.41) is 2.82. The van der Waals surface area contributed by atoms with Crippen LogP contribution in [-0.2, 0) is 16.1 Å². The van der Waals surface area contributed by atoms with Crippen molar-refractivity contribution < 1.29 is 14.3 Å².